The van der Waals surface area contributed by atoms with Gasteiger partial charge in [0.2, 0.25) is 0 Å². The Bertz CT molecular complexity index is 364. The van der Waals surface area contributed by atoms with E-state index in [-0.39, 0.29) is 0 Å². The van der Waals surface area contributed by atoms with Crippen LogP contribution in [0.15, 0.2) is 23.0 Å². The van der Waals surface area contributed by atoms with Gasteiger partial charge in [0.1, 0.15) is 5.82 Å². The van der Waals surface area contributed by atoms with Crippen LogP contribution in [0.4, 0.5) is 5.69 Å². The first-order chi connectivity index (χ1) is 6.34. The summed E-state index contributed by atoms with van der Waals surface area (Å²) in [5, 5.41) is 7.40. The Morgan fingerprint density at radius 1 is 1.62 bits per heavy atom. The van der Waals surface area contributed by atoms with Gasteiger partial charge < -0.3 is 10.3 Å². The minimum Gasteiger partial charge on any atom is -0.377 e. The van der Waals surface area contributed by atoms with E-state index in [0.717, 1.165) is 23.8 Å². The minimum atomic E-state index is 0.755. The number of aromatic amines is 1. The van der Waals surface area contributed by atoms with Crippen LogP contribution < -0.4 is 5.32 Å². The largest absolute Gasteiger partial charge is 0.377 e. The molecule has 0 saturated heterocycles. The molecule has 0 spiro atoms. The second-order valence-corrected chi connectivity index (χ2v) is 3.66. The number of aryl methyl sites for hydroxylation is 1. The van der Waals surface area contributed by atoms with E-state index in [0.29, 0.717) is 0 Å². The summed E-state index contributed by atoms with van der Waals surface area (Å²) in [6.45, 7) is 2.76. The Morgan fingerprint density at radius 2 is 2.54 bits per heavy atom. The molecule has 0 saturated carbocycles. The molecule has 3 nitrogen and oxygen atoms in total. The number of nitrogens with one attached hydrogen (secondary N) is 2. The third kappa shape index (κ3) is 2.09. The molecule has 2 rings (SSSR count). The van der Waals surface area contributed by atoms with Crippen LogP contribution in [-0.4, -0.2) is 9.97 Å². The number of rotatable bonds is 3. The molecule has 0 fully saturated rings. The van der Waals surface area contributed by atoms with Gasteiger partial charge >= 0.3 is 0 Å². The minimum absolute atomic E-state index is 0.755. The first kappa shape index (κ1) is 8.31. The van der Waals surface area contributed by atoms with Crippen molar-refractivity contribution in [1.29, 1.82) is 0 Å². The van der Waals surface area contributed by atoms with Gasteiger partial charge in [0.25, 0.3) is 0 Å². The Hall–Kier alpha value is -1.29. The second-order valence-electron chi connectivity index (χ2n) is 2.88. The zero-order valence-electron chi connectivity index (χ0n) is 7.37. The highest BCUT2D eigenvalue weighted by molar-refractivity contribution is 7.08. The average Bonchev–Trinajstić information content (AvgIpc) is 2.71. The van der Waals surface area contributed by atoms with Crippen molar-refractivity contribution in [2.75, 3.05) is 5.32 Å². The molecule has 0 radical (unpaired) electrons. The molecular weight excluding hydrogens is 182 g/mol. The summed E-state index contributed by atoms with van der Waals surface area (Å²) in [7, 11) is 0. The fraction of sp³-hybridized carbons (Fsp3) is 0.222. The number of anilines is 1. The number of hydrogen-bond donors (Lipinski definition) is 2. The lowest BCUT2D eigenvalue weighted by Gasteiger charge is -1.99. The third-order valence-corrected chi connectivity index (χ3v) is 2.42. The summed E-state index contributed by atoms with van der Waals surface area (Å²) in [6.07, 6.45) is 1.84. The summed E-state index contributed by atoms with van der Waals surface area (Å²) >= 11 is 1.69. The molecule has 0 aliphatic carbocycles. The van der Waals surface area contributed by atoms with Crippen molar-refractivity contribution in [3.8, 4) is 0 Å². The van der Waals surface area contributed by atoms with Gasteiger partial charge in [0.05, 0.1) is 6.54 Å². The molecule has 2 aromatic rings. The molecule has 68 valence electrons. The van der Waals surface area contributed by atoms with Crippen LogP contribution in [0.1, 0.15) is 11.5 Å². The van der Waals surface area contributed by atoms with E-state index in [1.54, 1.807) is 11.3 Å². The lowest BCUT2D eigenvalue weighted by Crippen LogP contribution is -1.99. The molecule has 2 N–H and O–H groups in total. The first-order valence-corrected chi connectivity index (χ1v) is 5.05. The Balaban J connectivity index is 1.93. The van der Waals surface area contributed by atoms with Crippen LogP contribution in [0.2, 0.25) is 0 Å². The van der Waals surface area contributed by atoms with Crippen molar-refractivity contribution in [3.63, 3.8) is 0 Å². The average molecular weight is 193 g/mol. The van der Waals surface area contributed by atoms with Crippen LogP contribution in [0, 0.1) is 6.92 Å². The van der Waals surface area contributed by atoms with Crippen LogP contribution >= 0.6 is 11.3 Å². The molecule has 0 bridgehead atoms. The normalized spacial score (nSPS) is 10.2. The van der Waals surface area contributed by atoms with E-state index >= 15 is 0 Å². The van der Waals surface area contributed by atoms with Crippen molar-refractivity contribution in [2.24, 2.45) is 0 Å². The molecule has 2 heterocycles. The van der Waals surface area contributed by atoms with E-state index in [1.165, 1.54) is 0 Å². The van der Waals surface area contributed by atoms with Crippen molar-refractivity contribution in [3.05, 3.63) is 34.5 Å². The number of nitrogens with zero attached hydrogens (tertiary/aromatic N) is 1. The highest BCUT2D eigenvalue weighted by Crippen LogP contribution is 2.12. The fourth-order valence-electron chi connectivity index (χ4n) is 1.11. The van der Waals surface area contributed by atoms with E-state index in [9.17, 15) is 0 Å². The van der Waals surface area contributed by atoms with Gasteiger partial charge in [-0.2, -0.15) is 11.3 Å². The standard InChI is InChI=1S/C9H11N3S/c1-7-4-11-9(12-7)5-10-8-2-3-13-6-8/h2-4,6,10H,5H2,1H3,(H,11,12). The van der Waals surface area contributed by atoms with Gasteiger partial charge in [0.15, 0.2) is 0 Å². The molecule has 2 aromatic heterocycles. The summed E-state index contributed by atoms with van der Waals surface area (Å²) in [5.41, 5.74) is 2.25. The van der Waals surface area contributed by atoms with Gasteiger partial charge in [-0.25, -0.2) is 4.98 Å². The number of imidazole rings is 1. The number of aromatic nitrogens is 2. The lowest BCUT2D eigenvalue weighted by molar-refractivity contribution is 0.993. The molecule has 0 aliphatic heterocycles. The van der Waals surface area contributed by atoms with E-state index < -0.39 is 0 Å². The highest BCUT2D eigenvalue weighted by atomic mass is 32.1. The van der Waals surface area contributed by atoms with Gasteiger partial charge in [0, 0.05) is 23.0 Å². The third-order valence-electron chi connectivity index (χ3n) is 1.74. The molecule has 0 unspecified atom stereocenters. The van der Waals surface area contributed by atoms with Gasteiger partial charge in [-0.1, -0.05) is 0 Å². The number of thiophene rings is 1. The molecular formula is C9H11N3S. The molecule has 0 amide bonds. The summed E-state index contributed by atoms with van der Waals surface area (Å²) in [6, 6.07) is 2.06. The molecule has 4 heteroatoms. The molecule has 0 aliphatic rings. The SMILES string of the molecule is Cc1cnc(CNc2ccsc2)[nH]1. The Kier molecular flexibility index (Phi) is 2.31. The van der Waals surface area contributed by atoms with Crippen molar-refractivity contribution in [1.82, 2.24) is 9.97 Å². The van der Waals surface area contributed by atoms with Crippen molar-refractivity contribution < 1.29 is 0 Å². The highest BCUT2D eigenvalue weighted by Gasteiger charge is 1.96. The van der Waals surface area contributed by atoms with Crippen LogP contribution in [0.3, 0.4) is 0 Å². The summed E-state index contributed by atoms with van der Waals surface area (Å²) in [5.74, 6) is 0.976. The number of hydrogen-bond acceptors (Lipinski definition) is 3. The fourth-order valence-corrected chi connectivity index (χ4v) is 1.72. The topological polar surface area (TPSA) is 40.7 Å². The smallest absolute Gasteiger partial charge is 0.125 e. The predicted molar refractivity (Wildman–Crippen MR) is 55.0 cm³/mol. The maximum Gasteiger partial charge on any atom is 0.125 e. The van der Waals surface area contributed by atoms with Crippen LogP contribution in [-0.2, 0) is 6.54 Å². The van der Waals surface area contributed by atoms with Crippen molar-refractivity contribution in [2.45, 2.75) is 13.5 Å². The molecule has 0 aromatic carbocycles. The van der Waals surface area contributed by atoms with Crippen molar-refractivity contribution >= 4 is 17.0 Å². The molecule has 0 atom stereocenters. The van der Waals surface area contributed by atoms with E-state index in [4.69, 9.17) is 0 Å². The number of H-pyrrole nitrogens is 1. The summed E-state index contributed by atoms with van der Waals surface area (Å²) in [4.78, 5) is 7.37. The quantitative estimate of drug-likeness (QED) is 0.785. The zero-order chi connectivity index (χ0) is 9.10. The maximum absolute atomic E-state index is 4.20. The first-order valence-electron chi connectivity index (χ1n) is 4.11. The van der Waals surface area contributed by atoms with Gasteiger partial charge in [-0.3, -0.25) is 0 Å². The molecule has 13 heavy (non-hydrogen) atoms. The Labute approximate surface area is 80.8 Å². The maximum atomic E-state index is 4.20. The van der Waals surface area contributed by atoms with Crippen LogP contribution in [0.25, 0.3) is 0 Å². The van der Waals surface area contributed by atoms with Crippen LogP contribution in [0.5, 0.6) is 0 Å². The summed E-state index contributed by atoms with van der Waals surface area (Å²) < 4.78 is 0. The monoisotopic (exact) mass is 193 g/mol. The van der Waals surface area contributed by atoms with Gasteiger partial charge in [-0.05, 0) is 18.4 Å². The zero-order valence-corrected chi connectivity index (χ0v) is 8.19. The predicted octanol–water partition coefficient (Wildman–Crippen LogP) is 2.39. The second kappa shape index (κ2) is 3.62. The Morgan fingerprint density at radius 3 is 3.15 bits per heavy atom. The lowest BCUT2D eigenvalue weighted by atomic mass is 10.5. The van der Waals surface area contributed by atoms with E-state index in [1.807, 2.05) is 13.1 Å². The van der Waals surface area contributed by atoms with E-state index in [2.05, 4.69) is 32.1 Å². The van der Waals surface area contributed by atoms with Gasteiger partial charge in [-0.15, -0.1) is 0 Å².